The van der Waals surface area contributed by atoms with Crippen LogP contribution in [-0.4, -0.2) is 40.2 Å². The van der Waals surface area contributed by atoms with Crippen LogP contribution in [-0.2, 0) is 6.61 Å². The second-order valence-electron chi connectivity index (χ2n) is 7.50. The molecule has 0 aliphatic carbocycles. The summed E-state index contributed by atoms with van der Waals surface area (Å²) in [6.45, 7) is 4.22. The number of ether oxygens (including phenoxy) is 1. The Hall–Kier alpha value is -3.70. The van der Waals surface area contributed by atoms with Crippen molar-refractivity contribution >= 4 is 16.9 Å². The monoisotopic (exact) mass is 415 g/mol. The smallest absolute Gasteiger partial charge is 0.147 e. The Kier molecular flexibility index (Phi) is 6.24. The van der Waals surface area contributed by atoms with E-state index in [0.29, 0.717) is 29.1 Å². The average Bonchev–Trinajstić information content (AvgIpc) is 3.23. The number of benzene rings is 1. The number of nitrogens with one attached hydrogen (secondary N) is 1. The summed E-state index contributed by atoms with van der Waals surface area (Å²) in [5.41, 5.74) is 4.18. The van der Waals surface area contributed by atoms with Gasteiger partial charge in [0, 0.05) is 11.8 Å². The van der Waals surface area contributed by atoms with Gasteiger partial charge in [0.1, 0.15) is 35.2 Å². The predicted octanol–water partition coefficient (Wildman–Crippen LogP) is 2.66. The first-order chi connectivity index (χ1) is 15.2. The van der Waals surface area contributed by atoms with Crippen LogP contribution in [0.25, 0.3) is 5.52 Å². The fourth-order valence-corrected chi connectivity index (χ4v) is 3.79. The number of hydrogen-bond donors (Lipinski definition) is 2. The molecular formula is C23H25N7O. The third kappa shape index (κ3) is 4.57. The van der Waals surface area contributed by atoms with Gasteiger partial charge >= 0.3 is 0 Å². The topological polar surface area (TPSA) is 113 Å². The van der Waals surface area contributed by atoms with E-state index in [2.05, 4.69) is 21.6 Å². The SMILES string of the molecule is CC(=NC1CCNCC1)/C(=N\N)c1cc(OCc2ccccc2)c2c(C#N)cnn2c1. The van der Waals surface area contributed by atoms with Crippen LogP contribution >= 0.6 is 0 Å². The maximum Gasteiger partial charge on any atom is 0.147 e. The van der Waals surface area contributed by atoms with Crippen molar-refractivity contribution in [3.05, 3.63) is 65.5 Å². The van der Waals surface area contributed by atoms with Gasteiger partial charge in [0.2, 0.25) is 0 Å². The second kappa shape index (κ2) is 9.41. The average molecular weight is 416 g/mol. The molecule has 4 rings (SSSR count). The summed E-state index contributed by atoms with van der Waals surface area (Å²) in [6.07, 6.45) is 5.32. The first-order valence-electron chi connectivity index (χ1n) is 10.3. The van der Waals surface area contributed by atoms with Crippen LogP contribution < -0.4 is 15.9 Å². The fraction of sp³-hybridized carbons (Fsp3) is 0.304. The number of pyridine rings is 1. The normalized spacial score (nSPS) is 15.7. The van der Waals surface area contributed by atoms with E-state index < -0.39 is 0 Å². The lowest BCUT2D eigenvalue weighted by atomic mass is 10.0. The molecule has 0 unspecified atom stereocenters. The minimum atomic E-state index is 0.255. The van der Waals surface area contributed by atoms with Gasteiger partial charge in [-0.25, -0.2) is 4.52 Å². The lowest BCUT2D eigenvalue weighted by Gasteiger charge is -2.20. The highest BCUT2D eigenvalue weighted by Gasteiger charge is 2.18. The largest absolute Gasteiger partial charge is 0.487 e. The van der Waals surface area contributed by atoms with Crippen LogP contribution in [0.1, 0.15) is 36.5 Å². The molecule has 3 N–H and O–H groups in total. The molecule has 0 amide bonds. The number of fused-ring (bicyclic) bond motifs is 1. The highest BCUT2D eigenvalue weighted by atomic mass is 16.5. The summed E-state index contributed by atoms with van der Waals surface area (Å²) in [7, 11) is 0. The summed E-state index contributed by atoms with van der Waals surface area (Å²) >= 11 is 0. The molecule has 0 radical (unpaired) electrons. The molecule has 0 atom stereocenters. The molecule has 1 aromatic carbocycles. The van der Waals surface area contributed by atoms with Gasteiger partial charge in [-0.1, -0.05) is 30.3 Å². The standard InChI is InChI=1S/C23H25N7O/c1-16(28-20-7-9-26-10-8-20)22(29-25)18-11-21(31-15-17-5-3-2-4-6-17)23-19(12-24)13-27-30(23)14-18/h2-6,11,13-14,20,26H,7-10,15,25H2,1H3/b28-16?,29-22+. The molecule has 2 aromatic heterocycles. The maximum atomic E-state index is 9.50. The number of aromatic nitrogens is 2. The highest BCUT2D eigenvalue weighted by Crippen LogP contribution is 2.26. The Bertz CT molecular complexity index is 1150. The summed E-state index contributed by atoms with van der Waals surface area (Å²) in [6, 6.07) is 14.2. The van der Waals surface area contributed by atoms with E-state index in [4.69, 9.17) is 15.6 Å². The zero-order chi connectivity index (χ0) is 21.6. The zero-order valence-corrected chi connectivity index (χ0v) is 17.5. The van der Waals surface area contributed by atoms with Gasteiger partial charge in [-0.3, -0.25) is 4.99 Å². The minimum Gasteiger partial charge on any atom is -0.487 e. The van der Waals surface area contributed by atoms with Crippen LogP contribution in [0, 0.1) is 11.3 Å². The molecule has 1 fully saturated rings. The molecule has 8 nitrogen and oxygen atoms in total. The van der Waals surface area contributed by atoms with Gasteiger partial charge in [-0.15, -0.1) is 0 Å². The van der Waals surface area contributed by atoms with Crippen molar-refractivity contribution in [3.8, 4) is 11.8 Å². The van der Waals surface area contributed by atoms with Crippen LogP contribution in [0.5, 0.6) is 5.75 Å². The van der Waals surface area contributed by atoms with Gasteiger partial charge in [0.05, 0.1) is 18.0 Å². The highest BCUT2D eigenvalue weighted by molar-refractivity contribution is 6.47. The third-order valence-electron chi connectivity index (χ3n) is 5.36. The molecule has 3 aromatic rings. The van der Waals surface area contributed by atoms with E-state index in [1.54, 1.807) is 10.7 Å². The summed E-state index contributed by atoms with van der Waals surface area (Å²) < 4.78 is 7.75. The van der Waals surface area contributed by atoms with Crippen LogP contribution in [0.3, 0.4) is 0 Å². The van der Waals surface area contributed by atoms with E-state index in [0.717, 1.165) is 42.8 Å². The van der Waals surface area contributed by atoms with Gasteiger partial charge in [-0.05, 0) is 44.5 Å². The summed E-state index contributed by atoms with van der Waals surface area (Å²) in [5, 5.41) is 21.2. The van der Waals surface area contributed by atoms with Gasteiger partial charge in [-0.2, -0.15) is 15.5 Å². The van der Waals surface area contributed by atoms with Crippen molar-refractivity contribution in [2.45, 2.75) is 32.4 Å². The molecular weight excluding hydrogens is 390 g/mol. The van der Waals surface area contributed by atoms with E-state index in [1.165, 1.54) is 6.20 Å². The van der Waals surface area contributed by atoms with Crippen molar-refractivity contribution in [1.29, 1.82) is 5.26 Å². The first-order valence-corrected chi connectivity index (χ1v) is 10.3. The molecule has 31 heavy (non-hydrogen) atoms. The number of aliphatic imine (C=N–C) groups is 1. The van der Waals surface area contributed by atoms with Crippen molar-refractivity contribution in [3.63, 3.8) is 0 Å². The number of nitriles is 1. The molecule has 3 heterocycles. The van der Waals surface area contributed by atoms with E-state index in [-0.39, 0.29) is 6.04 Å². The Balaban J connectivity index is 1.70. The van der Waals surface area contributed by atoms with Crippen LogP contribution in [0.2, 0.25) is 0 Å². The van der Waals surface area contributed by atoms with E-state index in [1.807, 2.05) is 43.3 Å². The zero-order valence-electron chi connectivity index (χ0n) is 17.5. The van der Waals surface area contributed by atoms with Crippen LogP contribution in [0.15, 0.2) is 58.9 Å². The predicted molar refractivity (Wildman–Crippen MR) is 120 cm³/mol. The number of nitrogens with zero attached hydrogens (tertiary/aromatic N) is 5. The minimum absolute atomic E-state index is 0.255. The fourth-order valence-electron chi connectivity index (χ4n) is 3.79. The Morgan fingerprint density at radius 3 is 2.81 bits per heavy atom. The number of nitrogens with two attached hydrogens (primary N) is 1. The van der Waals surface area contributed by atoms with Crippen molar-refractivity contribution < 1.29 is 4.74 Å². The Morgan fingerprint density at radius 2 is 2.10 bits per heavy atom. The number of rotatable bonds is 6. The molecule has 1 saturated heterocycles. The lowest BCUT2D eigenvalue weighted by Crippen LogP contribution is -2.31. The quantitative estimate of drug-likeness (QED) is 0.365. The number of piperidine rings is 1. The molecule has 0 spiro atoms. The van der Waals surface area contributed by atoms with Crippen molar-refractivity contribution in [1.82, 2.24) is 14.9 Å². The Morgan fingerprint density at radius 1 is 1.32 bits per heavy atom. The van der Waals surface area contributed by atoms with Crippen LogP contribution in [0.4, 0.5) is 0 Å². The summed E-state index contributed by atoms with van der Waals surface area (Å²) in [4.78, 5) is 4.85. The van der Waals surface area contributed by atoms with E-state index >= 15 is 0 Å². The van der Waals surface area contributed by atoms with Gasteiger partial charge in [0.25, 0.3) is 0 Å². The molecule has 0 saturated carbocycles. The van der Waals surface area contributed by atoms with Gasteiger partial charge < -0.3 is 15.9 Å². The molecule has 8 heteroatoms. The van der Waals surface area contributed by atoms with Gasteiger partial charge in [0.15, 0.2) is 0 Å². The summed E-state index contributed by atoms with van der Waals surface area (Å²) in [5.74, 6) is 6.32. The van der Waals surface area contributed by atoms with E-state index in [9.17, 15) is 5.26 Å². The Labute approximate surface area is 181 Å². The maximum absolute atomic E-state index is 9.50. The molecule has 1 aliphatic heterocycles. The first kappa shape index (κ1) is 20.6. The third-order valence-corrected chi connectivity index (χ3v) is 5.36. The van der Waals surface area contributed by atoms with Crippen molar-refractivity contribution in [2.75, 3.05) is 13.1 Å². The number of hydrazone groups is 1. The molecule has 158 valence electrons. The second-order valence-corrected chi connectivity index (χ2v) is 7.50. The molecule has 0 bridgehead atoms. The number of hydrogen-bond acceptors (Lipinski definition) is 7. The lowest BCUT2D eigenvalue weighted by molar-refractivity contribution is 0.308. The van der Waals surface area contributed by atoms with Crippen molar-refractivity contribution in [2.24, 2.45) is 15.9 Å². The molecule has 1 aliphatic rings.